The number of hydrogen-bond donors (Lipinski definition) is 3. The van der Waals surface area contributed by atoms with Crippen molar-refractivity contribution in [3.63, 3.8) is 0 Å². The van der Waals surface area contributed by atoms with Gasteiger partial charge in [-0.05, 0) is 36.8 Å². The summed E-state index contributed by atoms with van der Waals surface area (Å²) >= 11 is 0. The lowest BCUT2D eigenvalue weighted by Crippen LogP contribution is -2.51. The fourth-order valence-corrected chi connectivity index (χ4v) is 3.79. The third kappa shape index (κ3) is 6.26. The molecule has 2 rings (SSSR count). The minimum absolute atomic E-state index is 0.195. The predicted octanol–water partition coefficient (Wildman–Crippen LogP) is 1.90. The van der Waals surface area contributed by atoms with Crippen LogP contribution in [0.3, 0.4) is 0 Å². The van der Waals surface area contributed by atoms with Gasteiger partial charge in [-0.3, -0.25) is 20.4 Å². The quantitative estimate of drug-likeness (QED) is 0.465. The summed E-state index contributed by atoms with van der Waals surface area (Å²) in [7, 11) is -4.69. The molecule has 1 atom stereocenters. The second-order valence-electron chi connectivity index (χ2n) is 6.18. The summed E-state index contributed by atoms with van der Waals surface area (Å²) in [5.41, 5.74) is 3.09. The number of benzene rings is 2. The van der Waals surface area contributed by atoms with Crippen LogP contribution < -0.4 is 15.6 Å². The fourth-order valence-electron chi connectivity index (χ4n) is 2.36. The second-order valence-corrected chi connectivity index (χ2v) is 7.86. The smallest absolute Gasteiger partial charge is 0.273 e. The number of carbonyl (C=O) groups is 2. The van der Waals surface area contributed by atoms with Crippen molar-refractivity contribution in [2.45, 2.75) is 30.5 Å². The molecule has 0 saturated carbocycles. The molecule has 0 aromatic heterocycles. The average molecular weight is 447 g/mol. The van der Waals surface area contributed by atoms with E-state index in [-0.39, 0.29) is 6.42 Å². The summed E-state index contributed by atoms with van der Waals surface area (Å²) in [4.78, 5) is 22.8. The first kappa shape index (κ1) is 23.3. The Bertz CT molecular complexity index is 1020. The lowest BCUT2D eigenvalue weighted by molar-refractivity contribution is -0.139. The molecule has 162 valence electrons. The Balaban J connectivity index is 1.98. The zero-order chi connectivity index (χ0) is 22.5. The first-order valence-electron chi connectivity index (χ1n) is 8.42. The molecule has 0 aliphatic carbocycles. The van der Waals surface area contributed by atoms with E-state index in [1.54, 1.807) is 0 Å². The number of alkyl halides is 3. The highest BCUT2D eigenvalue weighted by atomic mass is 32.2. The van der Waals surface area contributed by atoms with Gasteiger partial charge in [0.2, 0.25) is 15.9 Å². The third-order valence-corrected chi connectivity index (χ3v) is 5.41. The topological polar surface area (TPSA) is 104 Å². The zero-order valence-electron chi connectivity index (χ0n) is 15.5. The highest BCUT2D eigenvalue weighted by Gasteiger charge is 2.37. The summed E-state index contributed by atoms with van der Waals surface area (Å²) in [6.07, 6.45) is -5.11. The molecule has 0 heterocycles. The van der Waals surface area contributed by atoms with Gasteiger partial charge in [0.25, 0.3) is 5.91 Å². The normalized spacial score (nSPS) is 12.8. The first-order chi connectivity index (χ1) is 13.9. The van der Waals surface area contributed by atoms with Gasteiger partial charge < -0.3 is 0 Å². The number of carbonyl (C=O) groups excluding carboxylic acids is 2. The van der Waals surface area contributed by atoms with Gasteiger partial charge in [0.05, 0.1) is 22.9 Å². The van der Waals surface area contributed by atoms with Gasteiger partial charge in [0.1, 0.15) is 5.82 Å². The molecule has 12 heteroatoms. The molecule has 2 aromatic carbocycles. The Kier molecular flexibility index (Phi) is 7.16. The van der Waals surface area contributed by atoms with E-state index < -0.39 is 50.3 Å². The van der Waals surface area contributed by atoms with Gasteiger partial charge in [-0.25, -0.2) is 12.8 Å². The summed E-state index contributed by atoms with van der Waals surface area (Å²) < 4.78 is 78.4. The molecule has 2 aromatic rings. The van der Waals surface area contributed by atoms with Crippen LogP contribution in [0.15, 0.2) is 53.4 Å². The Morgan fingerprint density at radius 3 is 2.20 bits per heavy atom. The molecule has 0 spiro atoms. The lowest BCUT2D eigenvalue weighted by atomic mass is 10.1. The average Bonchev–Trinajstić information content (AvgIpc) is 2.67. The first-order valence-corrected chi connectivity index (χ1v) is 9.90. The second kappa shape index (κ2) is 9.22. The summed E-state index contributed by atoms with van der Waals surface area (Å²) in [5.74, 6) is -2.16. The zero-order valence-corrected chi connectivity index (χ0v) is 16.3. The van der Waals surface area contributed by atoms with Crippen LogP contribution in [-0.2, 0) is 32.2 Å². The van der Waals surface area contributed by atoms with E-state index in [2.05, 4.69) is 0 Å². The van der Waals surface area contributed by atoms with Gasteiger partial charge in [-0.1, -0.05) is 24.3 Å². The Hall–Kier alpha value is -2.99. The van der Waals surface area contributed by atoms with Gasteiger partial charge >= 0.3 is 6.18 Å². The number of halogens is 4. The molecule has 7 nitrogen and oxygen atoms in total. The van der Waals surface area contributed by atoms with E-state index in [1.807, 2.05) is 15.6 Å². The van der Waals surface area contributed by atoms with Crippen LogP contribution in [0.4, 0.5) is 17.6 Å². The molecule has 0 bridgehead atoms. The Labute approximate surface area is 169 Å². The summed E-state index contributed by atoms with van der Waals surface area (Å²) in [5, 5.41) is 0. The van der Waals surface area contributed by atoms with Crippen LogP contribution in [-0.4, -0.2) is 26.3 Å². The maximum absolute atomic E-state index is 13.0. The minimum Gasteiger partial charge on any atom is -0.273 e. The van der Waals surface area contributed by atoms with E-state index in [1.165, 1.54) is 12.1 Å². The molecular formula is C18H17F4N3O4S. The number of rotatable bonds is 6. The van der Waals surface area contributed by atoms with E-state index in [4.69, 9.17) is 0 Å². The number of amides is 2. The maximum Gasteiger partial charge on any atom is 0.417 e. The maximum atomic E-state index is 13.0. The Morgan fingerprint density at radius 2 is 1.60 bits per heavy atom. The monoisotopic (exact) mass is 447 g/mol. The number of sulfonamides is 1. The lowest BCUT2D eigenvalue weighted by Gasteiger charge is -2.17. The summed E-state index contributed by atoms with van der Waals surface area (Å²) in [6.45, 7) is 1.09. The van der Waals surface area contributed by atoms with Crippen molar-refractivity contribution < 1.29 is 35.6 Å². The molecule has 30 heavy (non-hydrogen) atoms. The van der Waals surface area contributed by atoms with E-state index in [0.717, 1.165) is 37.3 Å². The van der Waals surface area contributed by atoms with Crippen molar-refractivity contribution in [1.82, 2.24) is 15.6 Å². The van der Waals surface area contributed by atoms with Crippen molar-refractivity contribution in [2.75, 3.05) is 0 Å². The van der Waals surface area contributed by atoms with Gasteiger partial charge in [0.15, 0.2) is 0 Å². The standard InChI is InChI=1S/C18H17F4N3O4S/c1-11(17(27)24-23-16(26)10-12-6-8-13(19)9-7-12)25-30(28,29)15-5-3-2-4-14(15)18(20,21)22/h2-9,11,25H,10H2,1H3,(H,23,26)(H,24,27)/t11-/m0/s1. The minimum atomic E-state index is -4.91. The van der Waals surface area contributed by atoms with Gasteiger partial charge in [-0.2, -0.15) is 17.9 Å². The molecule has 0 aliphatic heterocycles. The molecule has 2 amide bonds. The highest BCUT2D eigenvalue weighted by molar-refractivity contribution is 7.89. The number of hydrogen-bond acceptors (Lipinski definition) is 4. The van der Waals surface area contributed by atoms with Crippen LogP contribution >= 0.6 is 0 Å². The molecule has 0 radical (unpaired) electrons. The molecule has 0 saturated heterocycles. The Morgan fingerprint density at radius 1 is 1.00 bits per heavy atom. The van der Waals surface area contributed by atoms with Crippen molar-refractivity contribution in [3.8, 4) is 0 Å². The van der Waals surface area contributed by atoms with Crippen LogP contribution in [0.2, 0.25) is 0 Å². The number of nitrogens with one attached hydrogen (secondary N) is 3. The van der Waals surface area contributed by atoms with Gasteiger partial charge in [0, 0.05) is 0 Å². The van der Waals surface area contributed by atoms with Crippen molar-refractivity contribution in [1.29, 1.82) is 0 Å². The van der Waals surface area contributed by atoms with Crippen LogP contribution in [0.5, 0.6) is 0 Å². The van der Waals surface area contributed by atoms with E-state index in [0.29, 0.717) is 11.6 Å². The highest BCUT2D eigenvalue weighted by Crippen LogP contribution is 2.33. The van der Waals surface area contributed by atoms with Crippen LogP contribution in [0.1, 0.15) is 18.1 Å². The molecule has 3 N–H and O–H groups in total. The van der Waals surface area contributed by atoms with Crippen molar-refractivity contribution in [2.24, 2.45) is 0 Å². The molecule has 0 aliphatic rings. The van der Waals surface area contributed by atoms with Crippen LogP contribution in [0.25, 0.3) is 0 Å². The fraction of sp³-hybridized carbons (Fsp3) is 0.222. The molecule has 0 unspecified atom stereocenters. The van der Waals surface area contributed by atoms with Crippen molar-refractivity contribution >= 4 is 21.8 Å². The predicted molar refractivity (Wildman–Crippen MR) is 97.6 cm³/mol. The van der Waals surface area contributed by atoms with Gasteiger partial charge in [-0.15, -0.1) is 0 Å². The van der Waals surface area contributed by atoms with Crippen LogP contribution in [0, 0.1) is 5.82 Å². The van der Waals surface area contributed by atoms with Crippen molar-refractivity contribution in [3.05, 3.63) is 65.5 Å². The van der Waals surface area contributed by atoms with E-state index in [9.17, 15) is 35.6 Å². The SMILES string of the molecule is C[C@H](NS(=O)(=O)c1ccccc1C(F)(F)F)C(=O)NNC(=O)Cc1ccc(F)cc1. The largest absolute Gasteiger partial charge is 0.417 e. The summed E-state index contributed by atoms with van der Waals surface area (Å²) in [6, 6.07) is 7.06. The number of hydrazine groups is 1. The third-order valence-electron chi connectivity index (χ3n) is 3.81. The molecule has 0 fully saturated rings. The van der Waals surface area contributed by atoms with E-state index >= 15 is 0 Å². The molecular weight excluding hydrogens is 430 g/mol.